The molecule has 0 bridgehead atoms. The summed E-state index contributed by atoms with van der Waals surface area (Å²) in [5.74, 6) is 1.00. The molecular formula is C15H19NO. The van der Waals surface area contributed by atoms with Crippen LogP contribution in [0.4, 0.5) is 0 Å². The van der Waals surface area contributed by atoms with Gasteiger partial charge in [-0.2, -0.15) is 0 Å². The van der Waals surface area contributed by atoms with Crippen LogP contribution in [0.15, 0.2) is 41.0 Å². The molecule has 1 heterocycles. The summed E-state index contributed by atoms with van der Waals surface area (Å²) >= 11 is 0. The quantitative estimate of drug-likeness (QED) is 0.871. The lowest BCUT2D eigenvalue weighted by molar-refractivity contribution is 0.488. The van der Waals surface area contributed by atoms with Gasteiger partial charge in [-0.3, -0.25) is 0 Å². The largest absolute Gasteiger partial charge is 0.469 e. The number of rotatable bonds is 4. The van der Waals surface area contributed by atoms with Gasteiger partial charge in [0, 0.05) is 12.5 Å². The molecule has 0 saturated carbocycles. The van der Waals surface area contributed by atoms with Crippen molar-refractivity contribution in [2.24, 2.45) is 5.73 Å². The summed E-state index contributed by atoms with van der Waals surface area (Å²) in [5.41, 5.74) is 10.0. The molecule has 1 unspecified atom stereocenters. The van der Waals surface area contributed by atoms with Gasteiger partial charge in [0.1, 0.15) is 5.76 Å². The van der Waals surface area contributed by atoms with E-state index >= 15 is 0 Å². The van der Waals surface area contributed by atoms with Crippen molar-refractivity contribution in [3.05, 3.63) is 59.0 Å². The fraction of sp³-hybridized carbons (Fsp3) is 0.333. The molecular weight excluding hydrogens is 210 g/mol. The lowest BCUT2D eigenvalue weighted by Gasteiger charge is -2.14. The van der Waals surface area contributed by atoms with E-state index in [2.05, 4.69) is 32.0 Å². The van der Waals surface area contributed by atoms with E-state index in [-0.39, 0.29) is 6.04 Å². The zero-order chi connectivity index (χ0) is 12.3. The first kappa shape index (κ1) is 11.9. The van der Waals surface area contributed by atoms with Gasteiger partial charge in [-0.15, -0.1) is 0 Å². The van der Waals surface area contributed by atoms with E-state index in [1.54, 1.807) is 6.26 Å². The minimum atomic E-state index is 0.0840. The van der Waals surface area contributed by atoms with Crippen LogP contribution in [-0.4, -0.2) is 0 Å². The van der Waals surface area contributed by atoms with Crippen LogP contribution < -0.4 is 5.73 Å². The van der Waals surface area contributed by atoms with Crippen LogP contribution in [0.25, 0.3) is 0 Å². The number of benzene rings is 1. The summed E-state index contributed by atoms with van der Waals surface area (Å²) in [6, 6.07) is 10.4. The summed E-state index contributed by atoms with van der Waals surface area (Å²) < 4.78 is 5.31. The average molecular weight is 229 g/mol. The summed E-state index contributed by atoms with van der Waals surface area (Å²) in [6.07, 6.45) is 3.51. The highest BCUT2D eigenvalue weighted by Crippen LogP contribution is 2.21. The van der Waals surface area contributed by atoms with E-state index in [4.69, 9.17) is 10.2 Å². The Morgan fingerprint density at radius 3 is 2.71 bits per heavy atom. The van der Waals surface area contributed by atoms with Crippen molar-refractivity contribution >= 4 is 0 Å². The van der Waals surface area contributed by atoms with Crippen molar-refractivity contribution < 1.29 is 4.42 Å². The van der Waals surface area contributed by atoms with Crippen LogP contribution in [0.2, 0.25) is 0 Å². The van der Waals surface area contributed by atoms with E-state index in [1.165, 1.54) is 16.7 Å². The van der Waals surface area contributed by atoms with Crippen molar-refractivity contribution in [3.8, 4) is 0 Å². The second kappa shape index (κ2) is 5.19. The third kappa shape index (κ3) is 2.98. The van der Waals surface area contributed by atoms with Gasteiger partial charge in [0.2, 0.25) is 0 Å². The van der Waals surface area contributed by atoms with Gasteiger partial charge in [0.05, 0.1) is 6.26 Å². The normalized spacial score (nSPS) is 12.6. The monoisotopic (exact) mass is 229 g/mol. The topological polar surface area (TPSA) is 39.2 Å². The van der Waals surface area contributed by atoms with E-state index in [1.807, 2.05) is 12.1 Å². The van der Waals surface area contributed by atoms with Gasteiger partial charge in [-0.1, -0.05) is 23.8 Å². The highest BCUT2D eigenvalue weighted by molar-refractivity contribution is 5.32. The maximum absolute atomic E-state index is 6.22. The van der Waals surface area contributed by atoms with Gasteiger partial charge in [-0.25, -0.2) is 0 Å². The smallest absolute Gasteiger partial charge is 0.103 e. The molecule has 1 aromatic carbocycles. The average Bonchev–Trinajstić information content (AvgIpc) is 2.78. The van der Waals surface area contributed by atoms with Crippen LogP contribution in [0.5, 0.6) is 0 Å². The van der Waals surface area contributed by atoms with Crippen molar-refractivity contribution in [1.29, 1.82) is 0 Å². The summed E-state index contributed by atoms with van der Waals surface area (Å²) in [5, 5.41) is 0. The molecule has 0 aliphatic carbocycles. The Kier molecular flexibility index (Phi) is 3.64. The SMILES string of the molecule is Cc1ccc(C(N)CCc2ccco2)c(C)c1. The van der Waals surface area contributed by atoms with E-state index in [0.717, 1.165) is 18.6 Å². The molecule has 0 aliphatic rings. The predicted molar refractivity (Wildman–Crippen MR) is 69.9 cm³/mol. The summed E-state index contributed by atoms with van der Waals surface area (Å²) in [6.45, 7) is 4.22. The summed E-state index contributed by atoms with van der Waals surface area (Å²) in [4.78, 5) is 0. The molecule has 2 N–H and O–H groups in total. The van der Waals surface area contributed by atoms with Crippen LogP contribution >= 0.6 is 0 Å². The third-order valence-corrected chi connectivity index (χ3v) is 3.11. The summed E-state index contributed by atoms with van der Waals surface area (Å²) in [7, 11) is 0. The second-order valence-corrected chi connectivity index (χ2v) is 4.58. The Labute approximate surface area is 102 Å². The van der Waals surface area contributed by atoms with Crippen LogP contribution in [0.1, 0.15) is 34.9 Å². The molecule has 2 rings (SSSR count). The fourth-order valence-electron chi connectivity index (χ4n) is 2.15. The Bertz CT molecular complexity index is 474. The van der Waals surface area contributed by atoms with Crippen molar-refractivity contribution in [1.82, 2.24) is 0 Å². The third-order valence-electron chi connectivity index (χ3n) is 3.11. The molecule has 0 aliphatic heterocycles. The second-order valence-electron chi connectivity index (χ2n) is 4.58. The minimum Gasteiger partial charge on any atom is -0.469 e. The minimum absolute atomic E-state index is 0.0840. The molecule has 0 radical (unpaired) electrons. The fourth-order valence-corrected chi connectivity index (χ4v) is 2.15. The lowest BCUT2D eigenvalue weighted by Crippen LogP contribution is -2.12. The highest BCUT2D eigenvalue weighted by atomic mass is 16.3. The van der Waals surface area contributed by atoms with E-state index in [9.17, 15) is 0 Å². The Morgan fingerprint density at radius 2 is 2.06 bits per heavy atom. The van der Waals surface area contributed by atoms with Crippen molar-refractivity contribution in [3.63, 3.8) is 0 Å². The standard InChI is InChI=1S/C15H19NO/c1-11-5-7-14(12(2)10-11)15(16)8-6-13-4-3-9-17-13/h3-5,7,9-10,15H,6,8,16H2,1-2H3. The molecule has 0 spiro atoms. The lowest BCUT2D eigenvalue weighted by atomic mass is 9.96. The van der Waals surface area contributed by atoms with Gasteiger partial charge >= 0.3 is 0 Å². The van der Waals surface area contributed by atoms with Crippen molar-refractivity contribution in [2.75, 3.05) is 0 Å². The van der Waals surface area contributed by atoms with Gasteiger partial charge in [0.15, 0.2) is 0 Å². The molecule has 0 fully saturated rings. The predicted octanol–water partition coefficient (Wildman–Crippen LogP) is 3.53. The van der Waals surface area contributed by atoms with Crippen LogP contribution in [0.3, 0.4) is 0 Å². The van der Waals surface area contributed by atoms with Gasteiger partial charge < -0.3 is 10.2 Å². The first-order chi connectivity index (χ1) is 8.16. The Balaban J connectivity index is 2.01. The molecule has 1 aromatic heterocycles. The van der Waals surface area contributed by atoms with Crippen LogP contribution in [0, 0.1) is 13.8 Å². The zero-order valence-corrected chi connectivity index (χ0v) is 10.4. The molecule has 17 heavy (non-hydrogen) atoms. The first-order valence-corrected chi connectivity index (χ1v) is 6.02. The van der Waals surface area contributed by atoms with E-state index in [0.29, 0.717) is 0 Å². The maximum Gasteiger partial charge on any atom is 0.103 e. The molecule has 0 saturated heterocycles. The molecule has 2 heteroatoms. The van der Waals surface area contributed by atoms with Crippen molar-refractivity contribution in [2.45, 2.75) is 32.7 Å². The molecule has 2 aromatic rings. The highest BCUT2D eigenvalue weighted by Gasteiger charge is 2.09. The zero-order valence-electron chi connectivity index (χ0n) is 10.4. The maximum atomic E-state index is 6.22. The number of nitrogens with two attached hydrogens (primary N) is 1. The molecule has 2 nitrogen and oxygen atoms in total. The van der Waals surface area contributed by atoms with Gasteiger partial charge in [-0.05, 0) is 43.5 Å². The Morgan fingerprint density at radius 1 is 1.24 bits per heavy atom. The molecule has 90 valence electrons. The van der Waals surface area contributed by atoms with Gasteiger partial charge in [0.25, 0.3) is 0 Å². The molecule has 0 amide bonds. The Hall–Kier alpha value is -1.54. The van der Waals surface area contributed by atoms with Crippen LogP contribution in [-0.2, 0) is 6.42 Å². The van der Waals surface area contributed by atoms with E-state index < -0.39 is 0 Å². The number of hydrogen-bond acceptors (Lipinski definition) is 2. The first-order valence-electron chi connectivity index (χ1n) is 6.02. The number of furan rings is 1. The molecule has 1 atom stereocenters. The number of hydrogen-bond donors (Lipinski definition) is 1. The number of aryl methyl sites for hydroxylation is 3.